The lowest BCUT2D eigenvalue weighted by atomic mass is 9.53. The molecular weight excluding hydrogens is 304 g/mol. The lowest BCUT2D eigenvalue weighted by molar-refractivity contribution is -0.150. The number of hydrogen-bond donors (Lipinski definition) is 3. The third kappa shape index (κ3) is 3.15. The molecule has 3 aliphatic carbocycles. The Hall–Kier alpha value is -0.870. The molecule has 6 atom stereocenters. The highest BCUT2D eigenvalue weighted by Gasteiger charge is 2.62. The number of carboxylic acid groups (broad SMARTS) is 1. The van der Waals surface area contributed by atoms with E-state index in [1.165, 1.54) is 0 Å². The van der Waals surface area contributed by atoms with Crippen molar-refractivity contribution in [3.8, 4) is 0 Å². The van der Waals surface area contributed by atoms with Gasteiger partial charge in [0.15, 0.2) is 0 Å². The van der Waals surface area contributed by atoms with Crippen molar-refractivity contribution in [3.05, 3.63) is 13.2 Å². The van der Waals surface area contributed by atoms with Crippen LogP contribution in [0.5, 0.6) is 0 Å². The van der Waals surface area contributed by atoms with Crippen LogP contribution in [-0.2, 0) is 4.79 Å². The highest BCUT2D eigenvalue weighted by atomic mass is 16.4. The van der Waals surface area contributed by atoms with Crippen LogP contribution in [0.4, 0.5) is 0 Å². The molecule has 0 radical (unpaired) electrons. The third-order valence-corrected chi connectivity index (χ3v) is 7.15. The summed E-state index contributed by atoms with van der Waals surface area (Å²) in [6, 6.07) is 0. The minimum Gasteiger partial charge on any atom is -0.481 e. The van der Waals surface area contributed by atoms with E-state index in [4.69, 9.17) is 0 Å². The summed E-state index contributed by atoms with van der Waals surface area (Å²) >= 11 is 0. The first-order valence-electron chi connectivity index (χ1n) is 9.52. The van der Waals surface area contributed by atoms with E-state index in [9.17, 15) is 20.1 Å². The Bertz CT molecular complexity index is 451. The number of rotatable bonds is 5. The molecule has 0 aromatic carbocycles. The molecule has 4 unspecified atom stereocenters. The second-order valence-corrected chi connectivity index (χ2v) is 8.18. The van der Waals surface area contributed by atoms with Gasteiger partial charge in [0.25, 0.3) is 0 Å². The van der Waals surface area contributed by atoms with Crippen molar-refractivity contribution in [2.75, 3.05) is 6.61 Å². The van der Waals surface area contributed by atoms with E-state index in [0.29, 0.717) is 12.3 Å². The van der Waals surface area contributed by atoms with Crippen LogP contribution in [0.3, 0.4) is 0 Å². The maximum atomic E-state index is 11.7. The molecule has 0 aliphatic heterocycles. The predicted molar refractivity (Wildman–Crippen MR) is 94.5 cm³/mol. The Morgan fingerprint density at radius 3 is 2.54 bits per heavy atom. The average Bonchev–Trinajstić information content (AvgIpc) is 2.80. The van der Waals surface area contributed by atoms with Gasteiger partial charge < -0.3 is 15.3 Å². The molecule has 0 saturated heterocycles. The van der Waals surface area contributed by atoms with Gasteiger partial charge in [0.05, 0.1) is 18.1 Å². The fraction of sp³-hybridized carbons (Fsp3) is 0.850. The van der Waals surface area contributed by atoms with Crippen LogP contribution >= 0.6 is 0 Å². The molecule has 0 aromatic heterocycles. The van der Waals surface area contributed by atoms with Crippen molar-refractivity contribution in [2.45, 2.75) is 70.3 Å². The molecule has 3 rings (SSSR count). The Kier molecular flexibility index (Phi) is 6.14. The normalized spacial score (nSPS) is 43.5. The molecule has 0 heterocycles. The summed E-state index contributed by atoms with van der Waals surface area (Å²) in [6.45, 7) is 8.01. The maximum absolute atomic E-state index is 11.7. The third-order valence-electron chi connectivity index (χ3n) is 7.15. The van der Waals surface area contributed by atoms with E-state index in [1.54, 1.807) is 0 Å². The molecule has 0 amide bonds. The molecule has 4 nitrogen and oxygen atoms in total. The standard InChI is InChI=1S/C18H30O4.C2H4/c1-2-3-4-13-14(16(20)21)7-8-17-9-12(5-6-15(13)17)18(22,10-17)11-19;1-2/h12-15,19,22H,2-11H2,1H3,(H,20,21);1-2H2/t12-,13?,14?,15?,17?,18+;/m1./s1. The van der Waals surface area contributed by atoms with Crippen molar-refractivity contribution >= 4 is 5.97 Å². The highest BCUT2D eigenvalue weighted by Crippen LogP contribution is 2.66. The van der Waals surface area contributed by atoms with Crippen molar-refractivity contribution in [1.82, 2.24) is 0 Å². The molecule has 2 bridgehead atoms. The summed E-state index contributed by atoms with van der Waals surface area (Å²) in [7, 11) is 0. The van der Waals surface area contributed by atoms with Crippen LogP contribution in [0.15, 0.2) is 13.2 Å². The zero-order valence-electron chi connectivity index (χ0n) is 15.0. The number of aliphatic carboxylic acids is 1. The number of carbonyl (C=O) groups is 1. The van der Waals surface area contributed by atoms with Crippen LogP contribution in [-0.4, -0.2) is 33.5 Å². The van der Waals surface area contributed by atoms with Gasteiger partial charge in [0.2, 0.25) is 0 Å². The summed E-state index contributed by atoms with van der Waals surface area (Å²) in [5, 5.41) is 30.1. The van der Waals surface area contributed by atoms with Gasteiger partial charge in [-0.15, -0.1) is 13.2 Å². The zero-order chi connectivity index (χ0) is 18.0. The van der Waals surface area contributed by atoms with Gasteiger partial charge >= 0.3 is 5.97 Å². The van der Waals surface area contributed by atoms with Gasteiger partial charge in [-0.1, -0.05) is 19.8 Å². The lowest BCUT2D eigenvalue weighted by Gasteiger charge is -2.51. The predicted octanol–water partition coefficient (Wildman–Crippen LogP) is 3.62. The molecule has 3 saturated carbocycles. The Balaban J connectivity index is 0.00000100. The van der Waals surface area contributed by atoms with Crippen molar-refractivity contribution in [2.24, 2.45) is 29.1 Å². The molecule has 24 heavy (non-hydrogen) atoms. The second-order valence-electron chi connectivity index (χ2n) is 8.18. The minimum absolute atomic E-state index is 0.0881. The van der Waals surface area contributed by atoms with Crippen LogP contribution in [0.25, 0.3) is 0 Å². The van der Waals surface area contributed by atoms with E-state index in [1.807, 2.05) is 0 Å². The quantitative estimate of drug-likeness (QED) is 0.669. The summed E-state index contributed by atoms with van der Waals surface area (Å²) in [5.41, 5.74) is -0.829. The first kappa shape index (κ1) is 19.5. The summed E-state index contributed by atoms with van der Waals surface area (Å²) in [4.78, 5) is 11.7. The van der Waals surface area contributed by atoms with Crippen LogP contribution in [0, 0.1) is 29.1 Å². The number of aliphatic hydroxyl groups is 2. The minimum atomic E-state index is -0.917. The van der Waals surface area contributed by atoms with Crippen LogP contribution in [0.1, 0.15) is 64.7 Å². The number of carboxylic acids is 1. The Morgan fingerprint density at radius 2 is 1.96 bits per heavy atom. The Labute approximate surface area is 146 Å². The fourth-order valence-corrected chi connectivity index (χ4v) is 6.16. The van der Waals surface area contributed by atoms with Gasteiger partial charge in [-0.05, 0) is 68.1 Å². The van der Waals surface area contributed by atoms with Crippen molar-refractivity contribution in [1.29, 1.82) is 0 Å². The average molecular weight is 338 g/mol. The number of unbranched alkanes of at least 4 members (excludes halogenated alkanes) is 1. The van der Waals surface area contributed by atoms with Crippen LogP contribution < -0.4 is 0 Å². The summed E-state index contributed by atoms with van der Waals surface area (Å²) in [5.74, 6) is 0.0518. The fourth-order valence-electron chi connectivity index (χ4n) is 6.16. The van der Waals surface area contributed by atoms with Gasteiger partial charge in [-0.3, -0.25) is 4.79 Å². The molecule has 3 aliphatic rings. The van der Waals surface area contributed by atoms with E-state index in [0.717, 1.165) is 51.4 Å². The van der Waals surface area contributed by atoms with Crippen LogP contribution in [0.2, 0.25) is 0 Å². The maximum Gasteiger partial charge on any atom is 0.306 e. The number of aliphatic hydroxyl groups excluding tert-OH is 1. The molecular formula is C20H34O4. The highest BCUT2D eigenvalue weighted by molar-refractivity contribution is 5.70. The number of fused-ring (bicyclic) bond motifs is 1. The molecule has 3 fully saturated rings. The first-order chi connectivity index (χ1) is 11.5. The van der Waals surface area contributed by atoms with Gasteiger partial charge in [-0.25, -0.2) is 0 Å². The second kappa shape index (κ2) is 7.57. The van der Waals surface area contributed by atoms with E-state index < -0.39 is 11.6 Å². The largest absolute Gasteiger partial charge is 0.481 e. The van der Waals surface area contributed by atoms with Gasteiger partial charge in [0.1, 0.15) is 0 Å². The SMILES string of the molecule is C=C.CCCCC1C(C(=O)O)CCC23C[C@@H](CCC12)[C@@](O)(CO)C3. The molecule has 1 spiro atoms. The van der Waals surface area contributed by atoms with Gasteiger partial charge in [0, 0.05) is 0 Å². The number of hydrogen-bond acceptors (Lipinski definition) is 3. The zero-order valence-corrected chi connectivity index (χ0v) is 15.0. The molecule has 3 N–H and O–H groups in total. The van der Waals surface area contributed by atoms with Gasteiger partial charge in [-0.2, -0.15) is 0 Å². The van der Waals surface area contributed by atoms with E-state index in [2.05, 4.69) is 20.1 Å². The monoisotopic (exact) mass is 338 g/mol. The summed E-state index contributed by atoms with van der Waals surface area (Å²) in [6.07, 6.45) is 8.50. The Morgan fingerprint density at radius 1 is 1.25 bits per heavy atom. The summed E-state index contributed by atoms with van der Waals surface area (Å²) < 4.78 is 0. The molecule has 4 heteroatoms. The van der Waals surface area contributed by atoms with E-state index >= 15 is 0 Å². The van der Waals surface area contributed by atoms with Crippen molar-refractivity contribution < 1.29 is 20.1 Å². The lowest BCUT2D eigenvalue weighted by Crippen LogP contribution is -2.46. The van der Waals surface area contributed by atoms with E-state index in [-0.39, 0.29) is 29.8 Å². The molecule has 0 aromatic rings. The first-order valence-corrected chi connectivity index (χ1v) is 9.52. The molecule has 138 valence electrons. The smallest absolute Gasteiger partial charge is 0.306 e. The topological polar surface area (TPSA) is 77.8 Å². The van der Waals surface area contributed by atoms with Crippen molar-refractivity contribution in [3.63, 3.8) is 0 Å².